The van der Waals surface area contributed by atoms with Crippen LogP contribution in [-0.2, 0) is 16.1 Å². The quantitative estimate of drug-likeness (QED) is 0.233. The highest BCUT2D eigenvalue weighted by Crippen LogP contribution is 2.41. The van der Waals surface area contributed by atoms with Crippen LogP contribution in [0.2, 0.25) is 0 Å². The van der Waals surface area contributed by atoms with Crippen molar-refractivity contribution in [3.8, 4) is 11.5 Å². The summed E-state index contributed by atoms with van der Waals surface area (Å²) in [5.41, 5.74) is 1.78. The third-order valence-electron chi connectivity index (χ3n) is 5.80. The van der Waals surface area contributed by atoms with Crippen LogP contribution >= 0.6 is 0 Å². The maximum Gasteiger partial charge on any atom is 0.296 e. The Labute approximate surface area is 202 Å². The van der Waals surface area contributed by atoms with Crippen molar-refractivity contribution in [3.05, 3.63) is 132 Å². The van der Waals surface area contributed by atoms with Gasteiger partial charge in [0.1, 0.15) is 17.3 Å². The molecule has 6 heteroatoms. The molecule has 1 fully saturated rings. The summed E-state index contributed by atoms with van der Waals surface area (Å²) in [6.07, 6.45) is 1.64. The Morgan fingerprint density at radius 2 is 1.51 bits per heavy atom. The van der Waals surface area contributed by atoms with Gasteiger partial charge < -0.3 is 14.7 Å². The van der Waals surface area contributed by atoms with E-state index in [1.165, 1.54) is 4.90 Å². The molecule has 0 radical (unpaired) electrons. The van der Waals surface area contributed by atoms with Gasteiger partial charge in [0.2, 0.25) is 0 Å². The molecule has 0 spiro atoms. The summed E-state index contributed by atoms with van der Waals surface area (Å²) in [6.45, 7) is 0.116. The minimum atomic E-state index is -0.809. The smallest absolute Gasteiger partial charge is 0.296 e. The molecule has 6 nitrogen and oxygen atoms in total. The van der Waals surface area contributed by atoms with Crippen molar-refractivity contribution in [2.45, 2.75) is 12.6 Å². The molecule has 4 aromatic rings. The monoisotopic (exact) mass is 462 g/mol. The summed E-state index contributed by atoms with van der Waals surface area (Å²) in [7, 11) is 0. The number of nitrogens with zero attached hydrogens (tertiary/aromatic N) is 2. The number of para-hydroxylation sites is 1. The lowest BCUT2D eigenvalue weighted by molar-refractivity contribution is -0.140. The van der Waals surface area contributed by atoms with E-state index < -0.39 is 17.7 Å². The van der Waals surface area contributed by atoms with Crippen molar-refractivity contribution >= 4 is 17.4 Å². The number of benzene rings is 3. The van der Waals surface area contributed by atoms with Crippen molar-refractivity contribution in [1.29, 1.82) is 0 Å². The summed E-state index contributed by atoms with van der Waals surface area (Å²) >= 11 is 0. The fraction of sp³-hybridized carbons (Fsp3) is 0.0690. The molecule has 172 valence electrons. The number of carbonyl (C=O) groups excluding carboxylic acids is 2. The zero-order valence-corrected chi connectivity index (χ0v) is 18.7. The Morgan fingerprint density at radius 3 is 2.23 bits per heavy atom. The Morgan fingerprint density at radius 1 is 0.829 bits per heavy atom. The fourth-order valence-corrected chi connectivity index (χ4v) is 4.18. The molecule has 35 heavy (non-hydrogen) atoms. The van der Waals surface area contributed by atoms with Gasteiger partial charge in [0, 0.05) is 11.8 Å². The standard InChI is InChI=1S/C29H22N2O4/c32-27(20-10-3-1-4-11-20)25-26(31(29(34)28(25)33)19-22-13-7-8-17-30-22)21-12-9-16-24(18-21)35-23-14-5-2-6-15-23/h1-18,26,32H,19H2/b27-25-. The van der Waals surface area contributed by atoms with Crippen LogP contribution in [0.1, 0.15) is 22.9 Å². The Balaban J connectivity index is 1.61. The normalized spacial score (nSPS) is 16.9. The van der Waals surface area contributed by atoms with E-state index in [9.17, 15) is 14.7 Å². The topological polar surface area (TPSA) is 79.7 Å². The number of rotatable bonds is 6. The van der Waals surface area contributed by atoms with Crippen LogP contribution < -0.4 is 4.74 Å². The van der Waals surface area contributed by atoms with Gasteiger partial charge in [0.25, 0.3) is 11.7 Å². The maximum atomic E-state index is 13.2. The molecule has 1 N–H and O–H groups in total. The number of likely N-dealkylation sites (tertiary alicyclic amines) is 1. The number of pyridine rings is 1. The number of aliphatic hydroxyl groups is 1. The number of ether oxygens (including phenoxy) is 1. The van der Waals surface area contributed by atoms with Crippen LogP contribution in [-0.4, -0.2) is 26.7 Å². The van der Waals surface area contributed by atoms with E-state index in [-0.39, 0.29) is 17.9 Å². The van der Waals surface area contributed by atoms with Gasteiger partial charge in [0.05, 0.1) is 23.9 Å². The predicted molar refractivity (Wildman–Crippen MR) is 131 cm³/mol. The summed E-state index contributed by atoms with van der Waals surface area (Å²) in [4.78, 5) is 32.2. The third-order valence-corrected chi connectivity index (χ3v) is 5.80. The van der Waals surface area contributed by atoms with Gasteiger partial charge in [-0.05, 0) is 42.0 Å². The van der Waals surface area contributed by atoms with E-state index in [0.717, 1.165) is 0 Å². The average Bonchev–Trinajstić information content (AvgIpc) is 3.15. The molecule has 1 aromatic heterocycles. The lowest BCUT2D eigenvalue weighted by Crippen LogP contribution is -2.29. The SMILES string of the molecule is O=C1C(=O)N(Cc2ccccn2)C(c2cccc(Oc3ccccc3)c2)/C1=C(/O)c1ccccc1. The molecular weight excluding hydrogens is 440 g/mol. The van der Waals surface area contributed by atoms with Crippen LogP contribution in [0.25, 0.3) is 5.76 Å². The molecule has 0 aliphatic carbocycles. The Hall–Kier alpha value is -4.71. The van der Waals surface area contributed by atoms with Crippen LogP contribution in [0.4, 0.5) is 0 Å². The van der Waals surface area contributed by atoms with Crippen LogP contribution in [0.3, 0.4) is 0 Å². The van der Waals surface area contributed by atoms with E-state index in [0.29, 0.717) is 28.3 Å². The summed E-state index contributed by atoms with van der Waals surface area (Å²) in [6, 6.07) is 29.9. The number of ketones is 1. The fourth-order valence-electron chi connectivity index (χ4n) is 4.18. The van der Waals surface area contributed by atoms with Crippen molar-refractivity contribution in [2.75, 3.05) is 0 Å². The first kappa shape index (κ1) is 22.1. The number of aromatic nitrogens is 1. The molecule has 2 heterocycles. The van der Waals surface area contributed by atoms with Gasteiger partial charge >= 0.3 is 0 Å². The molecule has 5 rings (SSSR count). The number of hydrogen-bond acceptors (Lipinski definition) is 5. The molecule has 3 aromatic carbocycles. The molecule has 1 amide bonds. The second kappa shape index (κ2) is 9.65. The van der Waals surface area contributed by atoms with Crippen molar-refractivity contribution < 1.29 is 19.4 Å². The summed E-state index contributed by atoms with van der Waals surface area (Å²) in [5.74, 6) is -0.422. The molecule has 1 saturated heterocycles. The minimum Gasteiger partial charge on any atom is -0.507 e. The molecule has 1 aliphatic rings. The number of amides is 1. The summed E-state index contributed by atoms with van der Waals surface area (Å²) in [5, 5.41) is 11.2. The largest absolute Gasteiger partial charge is 0.507 e. The minimum absolute atomic E-state index is 0.0361. The Kier molecular flexibility index (Phi) is 6.09. The first-order valence-corrected chi connectivity index (χ1v) is 11.2. The highest BCUT2D eigenvalue weighted by molar-refractivity contribution is 6.46. The molecule has 1 atom stereocenters. The highest BCUT2D eigenvalue weighted by Gasteiger charge is 2.46. The zero-order valence-electron chi connectivity index (χ0n) is 18.7. The highest BCUT2D eigenvalue weighted by atomic mass is 16.5. The lowest BCUT2D eigenvalue weighted by Gasteiger charge is -2.25. The molecule has 0 saturated carbocycles. The predicted octanol–water partition coefficient (Wildman–Crippen LogP) is 5.50. The summed E-state index contributed by atoms with van der Waals surface area (Å²) < 4.78 is 5.99. The number of hydrogen-bond donors (Lipinski definition) is 1. The molecular formula is C29H22N2O4. The van der Waals surface area contributed by atoms with E-state index >= 15 is 0 Å². The van der Waals surface area contributed by atoms with E-state index in [4.69, 9.17) is 4.74 Å². The average molecular weight is 463 g/mol. The number of aliphatic hydroxyl groups excluding tert-OH is 1. The van der Waals surface area contributed by atoms with Crippen molar-refractivity contribution in [1.82, 2.24) is 9.88 Å². The zero-order chi connectivity index (χ0) is 24.2. The maximum absolute atomic E-state index is 13.2. The van der Waals surface area contributed by atoms with Gasteiger partial charge in [-0.25, -0.2) is 0 Å². The number of carbonyl (C=O) groups is 2. The molecule has 1 unspecified atom stereocenters. The second-order valence-electron chi connectivity index (χ2n) is 8.10. The van der Waals surface area contributed by atoms with Crippen molar-refractivity contribution in [2.24, 2.45) is 0 Å². The van der Waals surface area contributed by atoms with E-state index in [1.807, 2.05) is 48.5 Å². The second-order valence-corrected chi connectivity index (χ2v) is 8.10. The van der Waals surface area contributed by atoms with Gasteiger partial charge in [-0.3, -0.25) is 14.6 Å². The molecule has 0 bridgehead atoms. The van der Waals surface area contributed by atoms with Crippen LogP contribution in [0, 0.1) is 0 Å². The van der Waals surface area contributed by atoms with Gasteiger partial charge in [0.15, 0.2) is 0 Å². The third kappa shape index (κ3) is 4.54. The van der Waals surface area contributed by atoms with Gasteiger partial charge in [-0.2, -0.15) is 0 Å². The van der Waals surface area contributed by atoms with E-state index in [2.05, 4.69) is 4.98 Å². The van der Waals surface area contributed by atoms with Gasteiger partial charge in [-0.15, -0.1) is 0 Å². The number of Topliss-reactive ketones (excluding diaryl/α,β-unsaturated/α-hetero) is 1. The first-order valence-electron chi connectivity index (χ1n) is 11.2. The van der Waals surface area contributed by atoms with Gasteiger partial charge in [-0.1, -0.05) is 66.7 Å². The first-order chi connectivity index (χ1) is 17.1. The van der Waals surface area contributed by atoms with Crippen molar-refractivity contribution in [3.63, 3.8) is 0 Å². The Bertz CT molecular complexity index is 1390. The van der Waals surface area contributed by atoms with Crippen LogP contribution in [0.15, 0.2) is 115 Å². The lowest BCUT2D eigenvalue weighted by atomic mass is 9.95. The van der Waals surface area contributed by atoms with E-state index in [1.54, 1.807) is 60.8 Å². The molecule has 1 aliphatic heterocycles. The van der Waals surface area contributed by atoms with Crippen LogP contribution in [0.5, 0.6) is 11.5 Å².